The van der Waals surface area contributed by atoms with Crippen LogP contribution < -0.4 is 0 Å². The van der Waals surface area contributed by atoms with Crippen molar-refractivity contribution in [2.45, 2.75) is 121 Å². The molecule has 0 saturated heterocycles. The molecule has 4 saturated carbocycles. The molecule has 0 unspecified atom stereocenters. The van der Waals surface area contributed by atoms with Crippen LogP contribution in [0.15, 0.2) is 0 Å². The van der Waals surface area contributed by atoms with E-state index in [-0.39, 0.29) is 10.2 Å². The number of hydrogen-bond acceptors (Lipinski definition) is 1. The molecule has 0 heterocycles. The maximum absolute atomic E-state index is 12.3. The first-order valence-electron chi connectivity index (χ1n) is 13.8. The predicted octanol–water partition coefficient (Wildman–Crippen LogP) is 9.20. The van der Waals surface area contributed by atoms with E-state index in [0.717, 1.165) is 48.3 Å². The Hall–Kier alpha value is 0.630. The van der Waals surface area contributed by atoms with Gasteiger partial charge in [-0.3, -0.25) is 4.79 Å². The van der Waals surface area contributed by atoms with E-state index in [2.05, 4.69) is 66.5 Å². The average molecular weight is 573 g/mol. The summed E-state index contributed by atoms with van der Waals surface area (Å²) in [6.07, 6.45) is 14.6. The molecular weight excluding hydrogens is 524 g/mol. The molecule has 0 aromatic heterocycles. The lowest BCUT2D eigenvalue weighted by Crippen LogP contribution is -2.64. The SMILES string of the molecule is CC(=O)[C@H]1CC[C@]2(C)[C@H]3CC[C@]4(C)[C@@H]([C@H](C)CCCC(C)C)CC[C@H]4[C@@H]3C[C@@H](Br)[C@@]2(Br)C1. The smallest absolute Gasteiger partial charge is 0.132 e. The number of alkyl halides is 2. The van der Waals surface area contributed by atoms with Gasteiger partial charge in [-0.2, -0.15) is 0 Å². The Morgan fingerprint density at radius 1 is 1.00 bits per heavy atom. The van der Waals surface area contributed by atoms with Crippen LogP contribution in [-0.4, -0.2) is 14.9 Å². The van der Waals surface area contributed by atoms with Crippen LogP contribution in [-0.2, 0) is 4.79 Å². The monoisotopic (exact) mass is 570 g/mol. The highest BCUT2D eigenvalue weighted by atomic mass is 79.9. The standard InChI is InChI=1S/C29H48Br2O/c1-18(2)8-7-9-19(3)23-10-11-24-22-16-26(30)29(31)17-21(20(4)32)12-15-28(29,6)25(22)13-14-27(23,24)5/h18-19,21-26H,7-17H2,1-6H3/t19-,21+,22+,23-,24+,25+,26-,27-,28-,29+/m1/s1. The van der Waals surface area contributed by atoms with E-state index in [0.29, 0.717) is 21.4 Å². The summed E-state index contributed by atoms with van der Waals surface area (Å²) in [6, 6.07) is 0. The molecule has 0 aromatic rings. The molecule has 0 radical (unpaired) electrons. The van der Waals surface area contributed by atoms with Crippen LogP contribution in [0.1, 0.15) is 112 Å². The molecule has 4 rings (SSSR count). The lowest BCUT2D eigenvalue weighted by atomic mass is 9.43. The van der Waals surface area contributed by atoms with Gasteiger partial charge in [0.2, 0.25) is 0 Å². The van der Waals surface area contributed by atoms with Gasteiger partial charge in [-0.1, -0.05) is 85.7 Å². The maximum Gasteiger partial charge on any atom is 0.132 e. The third kappa shape index (κ3) is 4.04. The van der Waals surface area contributed by atoms with Crippen LogP contribution in [0.3, 0.4) is 0 Å². The fraction of sp³-hybridized carbons (Fsp3) is 0.966. The number of hydrogen-bond donors (Lipinski definition) is 0. The largest absolute Gasteiger partial charge is 0.300 e. The second kappa shape index (κ2) is 9.25. The lowest BCUT2D eigenvalue weighted by Gasteiger charge is -2.66. The predicted molar refractivity (Wildman–Crippen MR) is 144 cm³/mol. The van der Waals surface area contributed by atoms with Gasteiger partial charge in [0.15, 0.2) is 0 Å². The van der Waals surface area contributed by atoms with Gasteiger partial charge in [-0.25, -0.2) is 0 Å². The number of carbonyl (C=O) groups excluding carboxylic acids is 1. The second-order valence-electron chi connectivity index (χ2n) is 13.4. The van der Waals surface area contributed by atoms with Gasteiger partial charge in [0.1, 0.15) is 5.78 Å². The van der Waals surface area contributed by atoms with E-state index in [9.17, 15) is 4.79 Å². The molecular formula is C29H48Br2O. The first-order valence-corrected chi connectivity index (χ1v) is 15.5. The molecule has 4 fully saturated rings. The Bertz CT molecular complexity index is 705. The first kappa shape index (κ1) is 25.7. The molecule has 3 heteroatoms. The van der Waals surface area contributed by atoms with Gasteiger partial charge in [0.25, 0.3) is 0 Å². The average Bonchev–Trinajstić information content (AvgIpc) is 3.06. The summed E-state index contributed by atoms with van der Waals surface area (Å²) in [4.78, 5) is 12.8. The van der Waals surface area contributed by atoms with Gasteiger partial charge in [-0.15, -0.1) is 0 Å². The van der Waals surface area contributed by atoms with E-state index in [1.807, 2.05) is 6.92 Å². The number of carbonyl (C=O) groups is 1. The van der Waals surface area contributed by atoms with Crippen molar-refractivity contribution in [1.29, 1.82) is 0 Å². The van der Waals surface area contributed by atoms with Gasteiger partial charge in [0, 0.05) is 15.1 Å². The van der Waals surface area contributed by atoms with Crippen LogP contribution in [0.4, 0.5) is 0 Å². The molecule has 4 aliphatic carbocycles. The summed E-state index contributed by atoms with van der Waals surface area (Å²) in [5, 5.41) is 0. The third-order valence-electron chi connectivity index (χ3n) is 11.5. The highest BCUT2D eigenvalue weighted by Crippen LogP contribution is 2.72. The number of ketones is 1. The van der Waals surface area contributed by atoms with E-state index in [1.54, 1.807) is 0 Å². The fourth-order valence-electron chi connectivity index (χ4n) is 9.56. The number of fused-ring (bicyclic) bond motifs is 5. The van der Waals surface area contributed by atoms with E-state index in [4.69, 9.17) is 0 Å². The van der Waals surface area contributed by atoms with Crippen LogP contribution in [0, 0.1) is 52.3 Å². The number of Topliss-reactive ketones (excluding diaryl/α,β-unsaturated/α-hetero) is 1. The minimum Gasteiger partial charge on any atom is -0.300 e. The summed E-state index contributed by atoms with van der Waals surface area (Å²) in [7, 11) is 0. The molecule has 1 nitrogen and oxygen atoms in total. The topological polar surface area (TPSA) is 17.1 Å². The molecule has 0 N–H and O–H groups in total. The van der Waals surface area contributed by atoms with Crippen LogP contribution >= 0.6 is 31.9 Å². The minimum absolute atomic E-state index is 0.0750. The van der Waals surface area contributed by atoms with Crippen molar-refractivity contribution >= 4 is 37.6 Å². The molecule has 4 aliphatic rings. The van der Waals surface area contributed by atoms with Crippen LogP contribution in [0.5, 0.6) is 0 Å². The summed E-state index contributed by atoms with van der Waals surface area (Å²) >= 11 is 8.54. The van der Waals surface area contributed by atoms with Crippen LogP contribution in [0.25, 0.3) is 0 Å². The quantitative estimate of drug-likeness (QED) is 0.290. The van der Waals surface area contributed by atoms with Crippen molar-refractivity contribution in [2.24, 2.45) is 52.3 Å². The summed E-state index contributed by atoms with van der Waals surface area (Å²) < 4.78 is 0.0750. The zero-order valence-corrected chi connectivity index (χ0v) is 24.7. The van der Waals surface area contributed by atoms with Crippen molar-refractivity contribution < 1.29 is 4.79 Å². The lowest BCUT2D eigenvalue weighted by molar-refractivity contribution is -0.129. The normalized spacial score (nSPS) is 49.3. The Kier molecular flexibility index (Phi) is 7.44. The van der Waals surface area contributed by atoms with E-state index < -0.39 is 0 Å². The molecule has 184 valence electrons. The first-order chi connectivity index (χ1) is 14.9. The van der Waals surface area contributed by atoms with Crippen molar-refractivity contribution in [3.8, 4) is 0 Å². The number of rotatable bonds is 6. The van der Waals surface area contributed by atoms with Crippen molar-refractivity contribution in [1.82, 2.24) is 0 Å². The zero-order valence-electron chi connectivity index (χ0n) is 21.6. The molecule has 0 aromatic carbocycles. The molecule has 10 atom stereocenters. The van der Waals surface area contributed by atoms with Crippen LogP contribution in [0.2, 0.25) is 0 Å². The minimum atomic E-state index is 0.0750. The van der Waals surface area contributed by atoms with Crippen molar-refractivity contribution in [3.63, 3.8) is 0 Å². The Balaban J connectivity index is 1.53. The molecule has 0 spiro atoms. The van der Waals surface area contributed by atoms with E-state index in [1.165, 1.54) is 57.8 Å². The van der Waals surface area contributed by atoms with Crippen molar-refractivity contribution in [2.75, 3.05) is 0 Å². The number of halogens is 2. The molecule has 0 aliphatic heterocycles. The van der Waals surface area contributed by atoms with Gasteiger partial charge >= 0.3 is 0 Å². The highest BCUT2D eigenvalue weighted by Gasteiger charge is 2.67. The molecule has 32 heavy (non-hydrogen) atoms. The highest BCUT2D eigenvalue weighted by molar-refractivity contribution is 9.12. The van der Waals surface area contributed by atoms with Gasteiger partial charge < -0.3 is 0 Å². The second-order valence-corrected chi connectivity index (χ2v) is 16.0. The maximum atomic E-state index is 12.3. The summed E-state index contributed by atoms with van der Waals surface area (Å²) in [5.41, 5.74) is 0.850. The molecule has 0 amide bonds. The van der Waals surface area contributed by atoms with E-state index >= 15 is 0 Å². The Morgan fingerprint density at radius 2 is 1.72 bits per heavy atom. The summed E-state index contributed by atoms with van der Waals surface area (Å²) in [6.45, 7) is 14.4. The Labute approximate surface area is 215 Å². The Morgan fingerprint density at radius 3 is 2.38 bits per heavy atom. The van der Waals surface area contributed by atoms with Crippen molar-refractivity contribution in [3.05, 3.63) is 0 Å². The third-order valence-corrected chi connectivity index (χ3v) is 15.1. The van der Waals surface area contributed by atoms with Gasteiger partial charge in [0.05, 0.1) is 0 Å². The summed E-state index contributed by atoms with van der Waals surface area (Å²) in [5.74, 6) is 5.85. The zero-order chi connectivity index (χ0) is 23.5. The van der Waals surface area contributed by atoms with Gasteiger partial charge in [-0.05, 0) is 105 Å². The fourth-order valence-corrected chi connectivity index (χ4v) is 11.8. The molecule has 0 bridgehead atoms.